The van der Waals surface area contributed by atoms with Crippen molar-refractivity contribution >= 4 is 17.3 Å². The summed E-state index contributed by atoms with van der Waals surface area (Å²) in [7, 11) is 1.47. The normalized spacial score (nSPS) is 10.2. The number of halogens is 2. The van der Waals surface area contributed by atoms with Gasteiger partial charge in [-0.25, -0.2) is 8.78 Å². The maximum absolute atomic E-state index is 13.6. The molecule has 0 fully saturated rings. The van der Waals surface area contributed by atoms with E-state index in [1.165, 1.54) is 48.3 Å². The molecule has 1 amide bonds. The van der Waals surface area contributed by atoms with Gasteiger partial charge < -0.3 is 10.3 Å². The third-order valence-corrected chi connectivity index (χ3v) is 2.89. The second kappa shape index (κ2) is 5.66. The average molecular weight is 277 g/mol. The van der Waals surface area contributed by atoms with Crippen molar-refractivity contribution in [3.8, 4) is 0 Å². The fourth-order valence-corrected chi connectivity index (χ4v) is 1.83. The molecule has 0 spiro atoms. The largest absolute Gasteiger partial charge is 0.321 e. The van der Waals surface area contributed by atoms with Crippen molar-refractivity contribution in [1.82, 2.24) is 0 Å². The van der Waals surface area contributed by atoms with Crippen molar-refractivity contribution in [3.05, 3.63) is 59.7 Å². The number of para-hydroxylation sites is 1. The highest BCUT2D eigenvalue weighted by Crippen LogP contribution is 2.23. The highest BCUT2D eigenvalue weighted by molar-refractivity contribution is 6.09. The Morgan fingerprint density at radius 2 is 1.90 bits per heavy atom. The Kier molecular flexibility index (Phi) is 3.95. The zero-order valence-electron chi connectivity index (χ0n) is 10.7. The van der Waals surface area contributed by atoms with Gasteiger partial charge in [0.05, 0.1) is 11.3 Å². The number of hydrazine groups is 1. The van der Waals surface area contributed by atoms with Crippen LogP contribution in [0.15, 0.2) is 42.5 Å². The Morgan fingerprint density at radius 3 is 2.55 bits per heavy atom. The summed E-state index contributed by atoms with van der Waals surface area (Å²) in [6.07, 6.45) is 0. The SMILES string of the molecule is CN(C(=O)c1cccc(F)c1NN)c1cccc(F)c1. The average Bonchev–Trinajstić information content (AvgIpc) is 2.45. The van der Waals surface area contributed by atoms with Crippen molar-refractivity contribution in [1.29, 1.82) is 0 Å². The summed E-state index contributed by atoms with van der Waals surface area (Å²) in [6.45, 7) is 0. The van der Waals surface area contributed by atoms with Crippen LogP contribution in [0.5, 0.6) is 0 Å². The number of carbonyl (C=O) groups excluding carboxylic acids is 1. The lowest BCUT2D eigenvalue weighted by Gasteiger charge is -2.19. The minimum atomic E-state index is -0.633. The van der Waals surface area contributed by atoms with E-state index in [-0.39, 0.29) is 11.3 Å². The first-order valence-electron chi connectivity index (χ1n) is 5.83. The number of carbonyl (C=O) groups is 1. The van der Waals surface area contributed by atoms with Crippen LogP contribution in [0, 0.1) is 11.6 Å². The van der Waals surface area contributed by atoms with E-state index in [1.807, 2.05) is 0 Å². The van der Waals surface area contributed by atoms with Crippen LogP contribution >= 0.6 is 0 Å². The van der Waals surface area contributed by atoms with Crippen molar-refractivity contribution in [2.24, 2.45) is 5.84 Å². The third kappa shape index (κ3) is 2.60. The number of nitrogen functional groups attached to an aromatic ring is 1. The molecular formula is C14H13F2N3O. The van der Waals surface area contributed by atoms with Gasteiger partial charge in [0.2, 0.25) is 0 Å². The molecular weight excluding hydrogens is 264 g/mol. The van der Waals surface area contributed by atoms with Gasteiger partial charge in [-0.3, -0.25) is 10.6 Å². The van der Waals surface area contributed by atoms with E-state index in [0.717, 1.165) is 0 Å². The molecule has 0 atom stereocenters. The highest BCUT2D eigenvalue weighted by atomic mass is 19.1. The van der Waals surface area contributed by atoms with E-state index in [1.54, 1.807) is 6.07 Å². The zero-order valence-corrected chi connectivity index (χ0v) is 10.7. The second-order valence-electron chi connectivity index (χ2n) is 4.15. The van der Waals surface area contributed by atoms with Crippen LogP contribution in [0.25, 0.3) is 0 Å². The first kappa shape index (κ1) is 14.0. The summed E-state index contributed by atoms with van der Waals surface area (Å²) in [5, 5.41) is 0. The van der Waals surface area contributed by atoms with E-state index in [9.17, 15) is 13.6 Å². The fraction of sp³-hybridized carbons (Fsp3) is 0.0714. The first-order chi connectivity index (χ1) is 9.54. The van der Waals surface area contributed by atoms with Gasteiger partial charge in [-0.15, -0.1) is 0 Å². The fourth-order valence-electron chi connectivity index (χ4n) is 1.83. The molecule has 6 heteroatoms. The van der Waals surface area contributed by atoms with E-state index in [4.69, 9.17) is 5.84 Å². The Balaban J connectivity index is 2.39. The van der Waals surface area contributed by atoms with E-state index >= 15 is 0 Å². The predicted molar refractivity (Wildman–Crippen MR) is 73.3 cm³/mol. The lowest BCUT2D eigenvalue weighted by Crippen LogP contribution is -2.28. The highest BCUT2D eigenvalue weighted by Gasteiger charge is 2.19. The zero-order chi connectivity index (χ0) is 14.7. The quantitative estimate of drug-likeness (QED) is 0.669. The minimum absolute atomic E-state index is 0.0688. The van der Waals surface area contributed by atoms with Gasteiger partial charge in [-0.2, -0.15) is 0 Å². The van der Waals surface area contributed by atoms with Gasteiger partial charge in [0.15, 0.2) is 0 Å². The van der Waals surface area contributed by atoms with Crippen LogP contribution < -0.4 is 16.2 Å². The predicted octanol–water partition coefficient (Wildman–Crippen LogP) is 2.53. The van der Waals surface area contributed by atoms with E-state index in [0.29, 0.717) is 5.69 Å². The minimum Gasteiger partial charge on any atom is -0.321 e. The number of benzene rings is 2. The maximum Gasteiger partial charge on any atom is 0.260 e. The molecule has 4 nitrogen and oxygen atoms in total. The third-order valence-electron chi connectivity index (χ3n) is 2.89. The Hall–Kier alpha value is -2.47. The molecule has 0 saturated carbocycles. The summed E-state index contributed by atoms with van der Waals surface area (Å²) in [5.74, 6) is 3.64. The first-order valence-corrected chi connectivity index (χ1v) is 5.83. The molecule has 20 heavy (non-hydrogen) atoms. The van der Waals surface area contributed by atoms with Gasteiger partial charge in [0.25, 0.3) is 5.91 Å². The number of nitrogens with one attached hydrogen (secondary N) is 1. The number of nitrogens with zero attached hydrogens (tertiary/aromatic N) is 1. The number of rotatable bonds is 3. The molecule has 0 unspecified atom stereocenters. The molecule has 0 radical (unpaired) electrons. The summed E-state index contributed by atoms with van der Waals surface area (Å²) in [5.41, 5.74) is 2.50. The molecule has 0 aliphatic carbocycles. The lowest BCUT2D eigenvalue weighted by atomic mass is 10.1. The molecule has 0 bridgehead atoms. The van der Waals surface area contributed by atoms with Crippen molar-refractivity contribution < 1.29 is 13.6 Å². The number of hydrogen-bond acceptors (Lipinski definition) is 3. The molecule has 3 N–H and O–H groups in total. The van der Waals surface area contributed by atoms with Gasteiger partial charge in [-0.05, 0) is 30.3 Å². The Morgan fingerprint density at radius 1 is 1.20 bits per heavy atom. The van der Waals surface area contributed by atoms with E-state index < -0.39 is 17.5 Å². The second-order valence-corrected chi connectivity index (χ2v) is 4.15. The van der Waals surface area contributed by atoms with Gasteiger partial charge in [-0.1, -0.05) is 12.1 Å². The summed E-state index contributed by atoms with van der Waals surface area (Å²) in [6, 6.07) is 9.59. The molecule has 0 aromatic heterocycles. The summed E-state index contributed by atoms with van der Waals surface area (Å²) in [4.78, 5) is 13.6. The molecule has 2 rings (SSSR count). The van der Waals surface area contributed by atoms with Crippen LogP contribution in [0.4, 0.5) is 20.2 Å². The Bertz CT molecular complexity index is 646. The number of nitrogens with two attached hydrogens (primary N) is 1. The monoisotopic (exact) mass is 277 g/mol. The molecule has 0 saturated heterocycles. The number of amides is 1. The molecule has 0 aliphatic heterocycles. The van der Waals surface area contributed by atoms with Crippen molar-refractivity contribution in [2.45, 2.75) is 0 Å². The van der Waals surface area contributed by atoms with Gasteiger partial charge in [0.1, 0.15) is 11.6 Å². The molecule has 0 aliphatic rings. The lowest BCUT2D eigenvalue weighted by molar-refractivity contribution is 0.0993. The van der Waals surface area contributed by atoms with Gasteiger partial charge in [0, 0.05) is 12.7 Å². The van der Waals surface area contributed by atoms with Crippen LogP contribution in [0.1, 0.15) is 10.4 Å². The van der Waals surface area contributed by atoms with Crippen LogP contribution in [-0.2, 0) is 0 Å². The van der Waals surface area contributed by atoms with Crippen molar-refractivity contribution in [3.63, 3.8) is 0 Å². The standard InChI is InChI=1S/C14H13F2N3O/c1-19(10-5-2-4-9(15)8-10)14(20)11-6-3-7-12(16)13(11)18-17/h2-8,18H,17H2,1H3. The molecule has 2 aromatic carbocycles. The summed E-state index contributed by atoms with van der Waals surface area (Å²) >= 11 is 0. The smallest absolute Gasteiger partial charge is 0.260 e. The van der Waals surface area contributed by atoms with Gasteiger partial charge >= 0.3 is 0 Å². The maximum atomic E-state index is 13.6. The number of hydrogen-bond donors (Lipinski definition) is 2. The topological polar surface area (TPSA) is 58.4 Å². The molecule has 2 aromatic rings. The number of anilines is 2. The van der Waals surface area contributed by atoms with Crippen LogP contribution in [0.3, 0.4) is 0 Å². The van der Waals surface area contributed by atoms with Crippen molar-refractivity contribution in [2.75, 3.05) is 17.4 Å². The molecule has 0 heterocycles. The van der Waals surface area contributed by atoms with Crippen LogP contribution in [0.2, 0.25) is 0 Å². The Labute approximate surface area is 114 Å². The van der Waals surface area contributed by atoms with Crippen LogP contribution in [-0.4, -0.2) is 13.0 Å². The van der Waals surface area contributed by atoms with E-state index in [2.05, 4.69) is 5.43 Å². The summed E-state index contributed by atoms with van der Waals surface area (Å²) < 4.78 is 26.7. The molecule has 104 valence electrons.